The summed E-state index contributed by atoms with van der Waals surface area (Å²) in [6.45, 7) is 0. The van der Waals surface area contributed by atoms with Crippen molar-refractivity contribution in [3.05, 3.63) is 63.2 Å². The summed E-state index contributed by atoms with van der Waals surface area (Å²) < 4.78 is 0. The van der Waals surface area contributed by atoms with E-state index >= 15 is 0 Å². The molecule has 20 heavy (non-hydrogen) atoms. The van der Waals surface area contributed by atoms with Crippen molar-refractivity contribution in [2.75, 3.05) is 5.32 Å². The molecule has 0 saturated heterocycles. The first-order valence-corrected chi connectivity index (χ1v) is 5.90. The van der Waals surface area contributed by atoms with E-state index in [1.165, 1.54) is 30.3 Å². The molecule has 0 spiro atoms. The molecule has 0 aromatic heterocycles. The Morgan fingerprint density at radius 3 is 2.55 bits per heavy atom. The molecule has 7 heteroatoms. The molecular weight excluding hydrogens is 284 g/mol. The third-order valence-corrected chi connectivity index (χ3v) is 2.97. The van der Waals surface area contributed by atoms with Gasteiger partial charge in [-0.1, -0.05) is 29.8 Å². The van der Waals surface area contributed by atoms with Crippen LogP contribution in [0.3, 0.4) is 0 Å². The summed E-state index contributed by atoms with van der Waals surface area (Å²) in [7, 11) is 0. The number of phenols is 1. The van der Waals surface area contributed by atoms with Gasteiger partial charge in [0.25, 0.3) is 11.6 Å². The lowest BCUT2D eigenvalue weighted by atomic mass is 10.1. The minimum Gasteiger partial charge on any atom is -0.506 e. The van der Waals surface area contributed by atoms with E-state index in [1.807, 2.05) is 0 Å². The van der Waals surface area contributed by atoms with Gasteiger partial charge in [-0.25, -0.2) is 0 Å². The number of carbonyl (C=O) groups is 1. The molecule has 0 aliphatic carbocycles. The molecule has 0 aliphatic heterocycles. The maximum atomic E-state index is 12.0. The number of aromatic hydroxyl groups is 1. The summed E-state index contributed by atoms with van der Waals surface area (Å²) in [5.74, 6) is -0.748. The number of hydrogen-bond donors (Lipinski definition) is 2. The smallest absolute Gasteiger partial charge is 0.288 e. The monoisotopic (exact) mass is 292 g/mol. The normalized spacial score (nSPS) is 10.1. The maximum Gasteiger partial charge on any atom is 0.288 e. The highest BCUT2D eigenvalue weighted by molar-refractivity contribution is 6.36. The summed E-state index contributed by atoms with van der Waals surface area (Å²) in [6.07, 6.45) is 0. The molecule has 1 amide bonds. The Bertz CT molecular complexity index is 688. The molecule has 2 aromatic carbocycles. The fraction of sp³-hybridized carbons (Fsp3) is 0. The number of halogens is 1. The average Bonchev–Trinajstić information content (AvgIpc) is 2.41. The van der Waals surface area contributed by atoms with E-state index in [2.05, 4.69) is 5.32 Å². The van der Waals surface area contributed by atoms with Crippen molar-refractivity contribution in [3.8, 4) is 5.75 Å². The molecule has 0 heterocycles. The number of nitrogens with zero attached hydrogens (tertiary/aromatic N) is 1. The summed E-state index contributed by atoms with van der Waals surface area (Å²) in [6, 6.07) is 10.1. The Morgan fingerprint density at radius 1 is 1.20 bits per heavy atom. The molecule has 0 atom stereocenters. The highest BCUT2D eigenvalue weighted by Gasteiger charge is 2.20. The van der Waals surface area contributed by atoms with Gasteiger partial charge in [-0.15, -0.1) is 0 Å². The fourth-order valence-electron chi connectivity index (χ4n) is 1.61. The molecule has 2 aromatic rings. The number of nitro groups is 1. The standard InChI is InChI=1S/C13H9ClN2O4/c14-12-8(4-3-6-10(12)16(19)20)13(18)15-9-5-1-2-7-11(9)17/h1-7,17H,(H,15,18). The zero-order chi connectivity index (χ0) is 14.7. The lowest BCUT2D eigenvalue weighted by Gasteiger charge is -2.08. The van der Waals surface area contributed by atoms with Gasteiger partial charge in [-0.3, -0.25) is 14.9 Å². The molecule has 0 radical (unpaired) electrons. The number of carbonyl (C=O) groups excluding carboxylic acids is 1. The Morgan fingerprint density at radius 2 is 1.90 bits per heavy atom. The van der Waals surface area contributed by atoms with Crippen LogP contribution in [0.15, 0.2) is 42.5 Å². The highest BCUT2D eigenvalue weighted by atomic mass is 35.5. The molecule has 0 fully saturated rings. The van der Waals surface area contributed by atoms with Gasteiger partial charge in [-0.2, -0.15) is 0 Å². The number of anilines is 1. The van der Waals surface area contributed by atoms with Gasteiger partial charge in [-0.05, 0) is 18.2 Å². The van der Waals surface area contributed by atoms with Crippen molar-refractivity contribution in [3.63, 3.8) is 0 Å². The third-order valence-electron chi connectivity index (χ3n) is 2.57. The lowest BCUT2D eigenvalue weighted by Crippen LogP contribution is -2.13. The summed E-state index contributed by atoms with van der Waals surface area (Å²) in [4.78, 5) is 22.1. The second-order valence-electron chi connectivity index (χ2n) is 3.87. The van der Waals surface area contributed by atoms with Gasteiger partial charge >= 0.3 is 0 Å². The number of amides is 1. The molecule has 6 nitrogen and oxygen atoms in total. The summed E-state index contributed by atoms with van der Waals surface area (Å²) in [5.41, 5.74) is -0.194. The minimum atomic E-state index is -0.668. The molecule has 102 valence electrons. The second-order valence-corrected chi connectivity index (χ2v) is 4.25. The SMILES string of the molecule is O=C(Nc1ccccc1O)c1cccc([N+](=O)[O-])c1Cl. The van der Waals surface area contributed by atoms with Crippen molar-refractivity contribution < 1.29 is 14.8 Å². The molecular formula is C13H9ClN2O4. The van der Waals surface area contributed by atoms with Crippen LogP contribution in [0.4, 0.5) is 11.4 Å². The lowest BCUT2D eigenvalue weighted by molar-refractivity contribution is -0.384. The van der Waals surface area contributed by atoms with E-state index in [9.17, 15) is 20.0 Å². The first-order chi connectivity index (χ1) is 9.50. The van der Waals surface area contributed by atoms with Crippen molar-refractivity contribution in [1.29, 1.82) is 0 Å². The topological polar surface area (TPSA) is 92.5 Å². The molecule has 2 rings (SSSR count). The summed E-state index contributed by atoms with van der Waals surface area (Å²) >= 11 is 5.84. The first kappa shape index (κ1) is 13.8. The number of phenolic OH excluding ortho intramolecular Hbond substituents is 1. The van der Waals surface area contributed by atoms with Crippen LogP contribution in [0.5, 0.6) is 5.75 Å². The number of benzene rings is 2. The van der Waals surface area contributed by atoms with Crippen LogP contribution in [-0.4, -0.2) is 15.9 Å². The van der Waals surface area contributed by atoms with E-state index in [-0.39, 0.29) is 27.7 Å². The Hall–Kier alpha value is -2.60. The Balaban J connectivity index is 2.33. The van der Waals surface area contributed by atoms with Crippen molar-refractivity contribution in [2.24, 2.45) is 0 Å². The maximum absolute atomic E-state index is 12.0. The van der Waals surface area contributed by atoms with Crippen LogP contribution in [0.1, 0.15) is 10.4 Å². The van der Waals surface area contributed by atoms with Crippen LogP contribution in [0.2, 0.25) is 5.02 Å². The number of para-hydroxylation sites is 2. The minimum absolute atomic E-state index is 0.0379. The Kier molecular flexibility index (Phi) is 3.86. The quantitative estimate of drug-likeness (QED) is 0.516. The van der Waals surface area contributed by atoms with E-state index in [4.69, 9.17) is 11.6 Å². The van der Waals surface area contributed by atoms with Crippen LogP contribution in [0.25, 0.3) is 0 Å². The van der Waals surface area contributed by atoms with Crippen molar-refractivity contribution in [1.82, 2.24) is 0 Å². The van der Waals surface area contributed by atoms with Crippen molar-refractivity contribution in [2.45, 2.75) is 0 Å². The van der Waals surface area contributed by atoms with Crippen molar-refractivity contribution >= 4 is 28.9 Å². The van der Waals surface area contributed by atoms with E-state index in [1.54, 1.807) is 12.1 Å². The number of nitrogens with one attached hydrogen (secondary N) is 1. The van der Waals surface area contributed by atoms with Crippen LogP contribution >= 0.6 is 11.6 Å². The second kappa shape index (κ2) is 5.58. The molecule has 0 bridgehead atoms. The van der Waals surface area contributed by atoms with Gasteiger partial charge in [0, 0.05) is 6.07 Å². The van der Waals surface area contributed by atoms with E-state index in [0.29, 0.717) is 0 Å². The van der Waals surface area contributed by atoms with Crippen LogP contribution in [0, 0.1) is 10.1 Å². The van der Waals surface area contributed by atoms with Crippen LogP contribution < -0.4 is 5.32 Å². The molecule has 2 N–H and O–H groups in total. The predicted molar refractivity (Wildman–Crippen MR) is 74.2 cm³/mol. The number of hydrogen-bond acceptors (Lipinski definition) is 4. The number of rotatable bonds is 3. The molecule has 0 saturated carbocycles. The van der Waals surface area contributed by atoms with E-state index < -0.39 is 10.8 Å². The first-order valence-electron chi connectivity index (χ1n) is 5.53. The fourth-order valence-corrected chi connectivity index (χ4v) is 1.89. The highest BCUT2D eigenvalue weighted by Crippen LogP contribution is 2.29. The summed E-state index contributed by atoms with van der Waals surface area (Å²) in [5, 5.41) is 22.5. The number of nitro benzene ring substituents is 1. The largest absolute Gasteiger partial charge is 0.506 e. The predicted octanol–water partition coefficient (Wildman–Crippen LogP) is 3.21. The zero-order valence-electron chi connectivity index (χ0n) is 10.0. The molecule has 0 unspecified atom stereocenters. The van der Waals surface area contributed by atoms with Gasteiger partial charge in [0.1, 0.15) is 10.8 Å². The molecule has 0 aliphatic rings. The zero-order valence-corrected chi connectivity index (χ0v) is 10.8. The van der Waals surface area contributed by atoms with Gasteiger partial charge < -0.3 is 10.4 Å². The van der Waals surface area contributed by atoms with Gasteiger partial charge in [0.2, 0.25) is 0 Å². The van der Waals surface area contributed by atoms with E-state index in [0.717, 1.165) is 0 Å². The van der Waals surface area contributed by atoms with Crippen LogP contribution in [-0.2, 0) is 0 Å². The Labute approximate surface area is 118 Å². The third kappa shape index (κ3) is 2.70. The van der Waals surface area contributed by atoms with Gasteiger partial charge in [0.15, 0.2) is 0 Å². The average molecular weight is 293 g/mol. The van der Waals surface area contributed by atoms with Gasteiger partial charge in [0.05, 0.1) is 16.2 Å².